The van der Waals surface area contributed by atoms with E-state index in [1.165, 1.54) is 6.42 Å². The van der Waals surface area contributed by atoms with Gasteiger partial charge in [-0.25, -0.2) is 0 Å². The van der Waals surface area contributed by atoms with E-state index in [4.69, 9.17) is 33.2 Å². The molecule has 7 heteroatoms. The Hall–Kier alpha value is -0.280. The van der Waals surface area contributed by atoms with Crippen molar-refractivity contribution in [2.75, 3.05) is 60.2 Å². The molecule has 7 nitrogen and oxygen atoms in total. The summed E-state index contributed by atoms with van der Waals surface area (Å²) in [5.41, 5.74) is 0. The van der Waals surface area contributed by atoms with E-state index in [2.05, 4.69) is 0 Å². The highest BCUT2D eigenvalue weighted by Crippen LogP contribution is 2.13. The number of rotatable bonds is 13. The highest BCUT2D eigenvalue weighted by molar-refractivity contribution is 4.68. The van der Waals surface area contributed by atoms with E-state index in [1.807, 2.05) is 0 Å². The van der Waals surface area contributed by atoms with Gasteiger partial charge in [-0.15, -0.1) is 0 Å². The van der Waals surface area contributed by atoms with Gasteiger partial charge in [0.15, 0.2) is 6.29 Å². The molecule has 0 spiro atoms. The van der Waals surface area contributed by atoms with Crippen LogP contribution in [-0.4, -0.2) is 78.6 Å². The van der Waals surface area contributed by atoms with Gasteiger partial charge >= 0.3 is 0 Å². The SMILES string of the molecule is COCOC(COCCOC1CCCCO1)COCC1CO1. The van der Waals surface area contributed by atoms with Crippen LogP contribution in [-0.2, 0) is 33.2 Å². The summed E-state index contributed by atoms with van der Waals surface area (Å²) in [7, 11) is 1.59. The van der Waals surface area contributed by atoms with E-state index >= 15 is 0 Å². The van der Waals surface area contributed by atoms with Crippen molar-refractivity contribution in [3.8, 4) is 0 Å². The fourth-order valence-corrected chi connectivity index (χ4v) is 2.10. The first-order chi connectivity index (χ1) is 10.9. The molecular formula is C15H28O7. The van der Waals surface area contributed by atoms with E-state index < -0.39 is 0 Å². The van der Waals surface area contributed by atoms with Crippen LogP contribution in [0.1, 0.15) is 19.3 Å². The van der Waals surface area contributed by atoms with Gasteiger partial charge in [-0.2, -0.15) is 0 Å². The van der Waals surface area contributed by atoms with Crippen LogP contribution >= 0.6 is 0 Å². The van der Waals surface area contributed by atoms with Crippen LogP contribution in [0.5, 0.6) is 0 Å². The van der Waals surface area contributed by atoms with E-state index in [0.29, 0.717) is 33.0 Å². The molecule has 0 aromatic heterocycles. The predicted molar refractivity (Wildman–Crippen MR) is 77.7 cm³/mol. The number of hydrogen-bond acceptors (Lipinski definition) is 7. The molecule has 2 fully saturated rings. The van der Waals surface area contributed by atoms with Crippen molar-refractivity contribution in [2.24, 2.45) is 0 Å². The Morgan fingerprint density at radius 3 is 2.68 bits per heavy atom. The third kappa shape index (κ3) is 8.38. The quantitative estimate of drug-likeness (QED) is 0.284. The van der Waals surface area contributed by atoms with Gasteiger partial charge in [-0.1, -0.05) is 0 Å². The number of ether oxygens (including phenoxy) is 7. The van der Waals surface area contributed by atoms with Gasteiger partial charge in [-0.3, -0.25) is 0 Å². The molecule has 0 saturated carbocycles. The Kier molecular flexibility index (Phi) is 9.27. The van der Waals surface area contributed by atoms with Gasteiger partial charge in [0.2, 0.25) is 0 Å². The lowest BCUT2D eigenvalue weighted by Gasteiger charge is -2.23. The molecule has 0 N–H and O–H groups in total. The molecule has 2 rings (SSSR count). The van der Waals surface area contributed by atoms with Crippen molar-refractivity contribution in [3.05, 3.63) is 0 Å². The highest BCUT2D eigenvalue weighted by atomic mass is 16.7. The fourth-order valence-electron chi connectivity index (χ4n) is 2.10. The Bertz CT molecular complexity index is 267. The first-order valence-electron chi connectivity index (χ1n) is 7.99. The van der Waals surface area contributed by atoms with Crippen molar-refractivity contribution in [1.29, 1.82) is 0 Å². The van der Waals surface area contributed by atoms with Crippen LogP contribution in [0.4, 0.5) is 0 Å². The van der Waals surface area contributed by atoms with Gasteiger partial charge in [0.25, 0.3) is 0 Å². The van der Waals surface area contributed by atoms with Gasteiger partial charge < -0.3 is 33.2 Å². The van der Waals surface area contributed by atoms with Crippen LogP contribution in [0, 0.1) is 0 Å². The molecule has 0 aromatic rings. The Labute approximate surface area is 132 Å². The number of hydrogen-bond donors (Lipinski definition) is 0. The molecule has 0 radical (unpaired) electrons. The second kappa shape index (κ2) is 11.3. The van der Waals surface area contributed by atoms with Crippen LogP contribution in [0.3, 0.4) is 0 Å². The number of epoxide rings is 1. The van der Waals surface area contributed by atoms with Crippen molar-refractivity contribution >= 4 is 0 Å². The summed E-state index contributed by atoms with van der Waals surface area (Å²) in [5, 5.41) is 0. The van der Waals surface area contributed by atoms with Crippen molar-refractivity contribution < 1.29 is 33.2 Å². The minimum absolute atomic E-state index is 0.0697. The maximum atomic E-state index is 5.61. The van der Waals surface area contributed by atoms with Crippen LogP contribution in [0.25, 0.3) is 0 Å². The van der Waals surface area contributed by atoms with Crippen LogP contribution < -0.4 is 0 Å². The van der Waals surface area contributed by atoms with E-state index in [0.717, 1.165) is 26.1 Å². The monoisotopic (exact) mass is 320 g/mol. The lowest BCUT2D eigenvalue weighted by Crippen LogP contribution is -2.29. The molecule has 0 aliphatic carbocycles. The molecule has 130 valence electrons. The number of methoxy groups -OCH3 is 1. The molecule has 22 heavy (non-hydrogen) atoms. The van der Waals surface area contributed by atoms with Gasteiger partial charge in [0.1, 0.15) is 19.0 Å². The maximum Gasteiger partial charge on any atom is 0.157 e. The van der Waals surface area contributed by atoms with Gasteiger partial charge in [-0.05, 0) is 19.3 Å². The Morgan fingerprint density at radius 1 is 1.09 bits per heavy atom. The summed E-state index contributed by atoms with van der Waals surface area (Å²) in [4.78, 5) is 0. The zero-order valence-corrected chi connectivity index (χ0v) is 13.4. The summed E-state index contributed by atoms with van der Waals surface area (Å²) in [6.07, 6.45) is 3.30. The zero-order valence-electron chi connectivity index (χ0n) is 13.4. The van der Waals surface area contributed by atoms with E-state index in [1.54, 1.807) is 7.11 Å². The predicted octanol–water partition coefficient (Wildman–Crippen LogP) is 0.951. The van der Waals surface area contributed by atoms with Crippen molar-refractivity contribution in [1.82, 2.24) is 0 Å². The second-order valence-electron chi connectivity index (χ2n) is 5.43. The summed E-state index contributed by atoms with van der Waals surface area (Å²) in [6, 6.07) is 0. The second-order valence-corrected chi connectivity index (χ2v) is 5.43. The van der Waals surface area contributed by atoms with E-state index in [9.17, 15) is 0 Å². The molecule has 0 bridgehead atoms. The third-order valence-corrected chi connectivity index (χ3v) is 3.40. The lowest BCUT2D eigenvalue weighted by molar-refractivity contribution is -0.173. The Balaban J connectivity index is 1.47. The van der Waals surface area contributed by atoms with Crippen LogP contribution in [0.2, 0.25) is 0 Å². The Morgan fingerprint density at radius 2 is 1.95 bits per heavy atom. The van der Waals surface area contributed by atoms with E-state index in [-0.39, 0.29) is 25.3 Å². The van der Waals surface area contributed by atoms with Crippen LogP contribution in [0.15, 0.2) is 0 Å². The molecule has 0 amide bonds. The molecule has 3 atom stereocenters. The third-order valence-electron chi connectivity index (χ3n) is 3.40. The molecule has 2 saturated heterocycles. The molecule has 2 aliphatic heterocycles. The summed E-state index contributed by atoms with van der Waals surface area (Å²) < 4.78 is 37.7. The maximum absolute atomic E-state index is 5.61. The normalized spacial score (nSPS) is 26.0. The average molecular weight is 320 g/mol. The molecular weight excluding hydrogens is 292 g/mol. The van der Waals surface area contributed by atoms with Gasteiger partial charge in [0, 0.05) is 13.7 Å². The summed E-state index contributed by atoms with van der Waals surface area (Å²) in [5.74, 6) is 0. The molecule has 3 unspecified atom stereocenters. The first-order valence-corrected chi connectivity index (χ1v) is 7.99. The van der Waals surface area contributed by atoms with Crippen molar-refractivity contribution in [3.63, 3.8) is 0 Å². The summed E-state index contributed by atoms with van der Waals surface area (Å²) >= 11 is 0. The smallest absolute Gasteiger partial charge is 0.157 e. The lowest BCUT2D eigenvalue weighted by atomic mass is 10.2. The highest BCUT2D eigenvalue weighted by Gasteiger charge is 2.23. The minimum Gasteiger partial charge on any atom is -0.376 e. The average Bonchev–Trinajstić information content (AvgIpc) is 3.37. The molecule has 2 heterocycles. The standard InChI is InChI=1S/C15H28O7/c1-16-12-22-13(9-18-10-14-11-21-14)8-17-6-7-20-15-4-2-3-5-19-15/h13-15H,2-12H2,1H3. The van der Waals surface area contributed by atoms with Gasteiger partial charge in [0.05, 0.1) is 39.6 Å². The molecule has 2 aliphatic rings. The summed E-state index contributed by atoms with van der Waals surface area (Å²) in [6.45, 7) is 4.37. The molecule has 0 aromatic carbocycles. The first kappa shape index (κ1) is 18.1. The van der Waals surface area contributed by atoms with Crippen molar-refractivity contribution in [2.45, 2.75) is 37.8 Å². The zero-order chi connectivity index (χ0) is 15.5. The minimum atomic E-state index is -0.148. The fraction of sp³-hybridized carbons (Fsp3) is 1.00. The largest absolute Gasteiger partial charge is 0.376 e. The topological polar surface area (TPSA) is 67.9 Å².